The maximum Gasteiger partial charge on any atom is 0.249 e. The molecule has 3 fully saturated rings. The van der Waals surface area contributed by atoms with Gasteiger partial charge in [-0.25, -0.2) is 0 Å². The third kappa shape index (κ3) is 5.79. The summed E-state index contributed by atoms with van der Waals surface area (Å²) in [5.74, 6) is 2.22. The van der Waals surface area contributed by atoms with Gasteiger partial charge in [0, 0.05) is 19.6 Å². The molecule has 7 nitrogen and oxygen atoms in total. The minimum absolute atomic E-state index is 0.0601. The molecule has 1 aromatic rings. The molecule has 1 aliphatic carbocycles. The summed E-state index contributed by atoms with van der Waals surface area (Å²) in [4.78, 5) is 21.8. The van der Waals surface area contributed by atoms with Crippen molar-refractivity contribution in [3.05, 3.63) is 11.7 Å². The van der Waals surface area contributed by atoms with Crippen molar-refractivity contribution in [3.8, 4) is 0 Å². The van der Waals surface area contributed by atoms with Gasteiger partial charge in [-0.1, -0.05) is 30.8 Å². The number of aromatic nitrogens is 2. The normalized spacial score (nSPS) is 24.3. The fraction of sp³-hybridized carbons (Fsp3) is 0.864. The van der Waals surface area contributed by atoms with Crippen LogP contribution in [-0.2, 0) is 16.0 Å². The quantitative estimate of drug-likeness (QED) is 0.619. The van der Waals surface area contributed by atoms with E-state index in [0.717, 1.165) is 45.0 Å². The van der Waals surface area contributed by atoms with Crippen LogP contribution in [0, 0.1) is 5.92 Å². The summed E-state index contributed by atoms with van der Waals surface area (Å²) < 4.78 is 11.4. The van der Waals surface area contributed by atoms with E-state index in [1.54, 1.807) is 0 Å². The first kappa shape index (κ1) is 20.8. The highest BCUT2D eigenvalue weighted by atomic mass is 16.5. The van der Waals surface area contributed by atoms with Gasteiger partial charge >= 0.3 is 0 Å². The zero-order valence-electron chi connectivity index (χ0n) is 17.7. The second-order valence-corrected chi connectivity index (χ2v) is 8.96. The standard InChI is InChI=1S/C22H36N4O3/c27-21(16-25-12-5-1-2-6-13-25)26-14-7-10-19(26)22-23-20(24-29-22)11-15-28-17-18-8-3-4-9-18/h18-19H,1-17H2. The molecule has 1 amide bonds. The average molecular weight is 405 g/mol. The molecule has 0 aromatic carbocycles. The van der Waals surface area contributed by atoms with Gasteiger partial charge in [-0.05, 0) is 57.5 Å². The van der Waals surface area contributed by atoms with Gasteiger partial charge in [0.05, 0.1) is 13.2 Å². The topological polar surface area (TPSA) is 71.7 Å². The van der Waals surface area contributed by atoms with Gasteiger partial charge in [-0.15, -0.1) is 0 Å². The molecule has 2 saturated heterocycles. The molecule has 162 valence electrons. The van der Waals surface area contributed by atoms with Gasteiger partial charge in [-0.3, -0.25) is 9.69 Å². The molecule has 1 aromatic heterocycles. The highest BCUT2D eigenvalue weighted by Crippen LogP contribution is 2.31. The van der Waals surface area contributed by atoms with Crippen LogP contribution >= 0.6 is 0 Å². The summed E-state index contributed by atoms with van der Waals surface area (Å²) >= 11 is 0. The highest BCUT2D eigenvalue weighted by Gasteiger charge is 2.34. The van der Waals surface area contributed by atoms with Crippen molar-refractivity contribution in [3.63, 3.8) is 0 Å². The molecule has 29 heavy (non-hydrogen) atoms. The number of hydrogen-bond donors (Lipinski definition) is 0. The van der Waals surface area contributed by atoms with Crippen molar-refractivity contribution in [1.29, 1.82) is 0 Å². The second-order valence-electron chi connectivity index (χ2n) is 8.96. The summed E-state index contributed by atoms with van der Waals surface area (Å²) in [6.07, 6.45) is 12.8. The van der Waals surface area contributed by atoms with Gasteiger partial charge < -0.3 is 14.2 Å². The lowest BCUT2D eigenvalue weighted by Gasteiger charge is -2.26. The first-order chi connectivity index (χ1) is 14.3. The number of likely N-dealkylation sites (tertiary alicyclic amines) is 2. The zero-order chi connectivity index (χ0) is 19.9. The predicted octanol–water partition coefficient (Wildman–Crippen LogP) is 3.36. The smallest absolute Gasteiger partial charge is 0.249 e. The Hall–Kier alpha value is -1.47. The van der Waals surface area contributed by atoms with E-state index in [4.69, 9.17) is 9.26 Å². The van der Waals surface area contributed by atoms with Crippen LogP contribution in [0.3, 0.4) is 0 Å². The number of ether oxygens (including phenoxy) is 1. The van der Waals surface area contributed by atoms with Crippen molar-refractivity contribution in [2.24, 2.45) is 5.92 Å². The van der Waals surface area contributed by atoms with E-state index in [1.807, 2.05) is 4.90 Å². The van der Waals surface area contributed by atoms with Crippen LogP contribution in [0.15, 0.2) is 4.52 Å². The van der Waals surface area contributed by atoms with Crippen LogP contribution in [0.1, 0.15) is 82.0 Å². The van der Waals surface area contributed by atoms with Crippen molar-refractivity contribution in [2.75, 3.05) is 39.4 Å². The van der Waals surface area contributed by atoms with Gasteiger partial charge in [0.1, 0.15) is 6.04 Å². The van der Waals surface area contributed by atoms with Crippen LogP contribution in [0.4, 0.5) is 0 Å². The number of rotatable bonds is 8. The van der Waals surface area contributed by atoms with E-state index in [9.17, 15) is 4.79 Å². The molecule has 4 rings (SSSR count). The average Bonchev–Trinajstić information content (AvgIpc) is 3.46. The summed E-state index contributed by atoms with van der Waals surface area (Å²) in [6.45, 7) is 4.88. The molecular formula is C22H36N4O3. The number of nitrogens with zero attached hydrogens (tertiary/aromatic N) is 4. The van der Waals surface area contributed by atoms with Crippen LogP contribution < -0.4 is 0 Å². The summed E-state index contributed by atoms with van der Waals surface area (Å²) in [5, 5.41) is 4.14. The van der Waals surface area contributed by atoms with Gasteiger partial charge in [0.15, 0.2) is 5.82 Å². The molecule has 3 aliphatic rings. The highest BCUT2D eigenvalue weighted by molar-refractivity contribution is 5.79. The molecule has 1 atom stereocenters. The molecule has 0 bridgehead atoms. The Morgan fingerprint density at radius 2 is 1.79 bits per heavy atom. The number of carbonyl (C=O) groups is 1. The first-order valence-electron chi connectivity index (χ1n) is 11.7. The van der Waals surface area contributed by atoms with E-state index >= 15 is 0 Å². The molecule has 1 unspecified atom stereocenters. The Morgan fingerprint density at radius 3 is 2.59 bits per heavy atom. The number of carbonyl (C=O) groups excluding carboxylic acids is 1. The maximum absolute atomic E-state index is 12.9. The fourth-order valence-corrected chi connectivity index (χ4v) is 4.99. The van der Waals surface area contributed by atoms with Crippen molar-refractivity contribution < 1.29 is 14.1 Å². The van der Waals surface area contributed by atoms with E-state index in [1.165, 1.54) is 51.4 Å². The predicted molar refractivity (Wildman–Crippen MR) is 109 cm³/mol. The lowest BCUT2D eigenvalue weighted by molar-refractivity contribution is -0.133. The van der Waals surface area contributed by atoms with E-state index in [0.29, 0.717) is 31.3 Å². The van der Waals surface area contributed by atoms with Crippen molar-refractivity contribution >= 4 is 5.91 Å². The van der Waals surface area contributed by atoms with E-state index in [-0.39, 0.29) is 11.9 Å². The van der Waals surface area contributed by atoms with Gasteiger partial charge in [0.25, 0.3) is 0 Å². The minimum atomic E-state index is -0.0601. The molecule has 0 N–H and O–H groups in total. The summed E-state index contributed by atoms with van der Waals surface area (Å²) in [7, 11) is 0. The van der Waals surface area contributed by atoms with Crippen LogP contribution in [0.5, 0.6) is 0 Å². The molecule has 3 heterocycles. The molecule has 1 saturated carbocycles. The monoisotopic (exact) mass is 404 g/mol. The largest absolute Gasteiger partial charge is 0.381 e. The maximum atomic E-state index is 12.9. The summed E-state index contributed by atoms with van der Waals surface area (Å²) in [5.41, 5.74) is 0. The number of hydrogen-bond acceptors (Lipinski definition) is 6. The van der Waals surface area contributed by atoms with E-state index < -0.39 is 0 Å². The van der Waals surface area contributed by atoms with Gasteiger partial charge in [-0.2, -0.15) is 4.98 Å². The Balaban J connectivity index is 1.25. The lowest BCUT2D eigenvalue weighted by Crippen LogP contribution is -2.40. The third-order valence-corrected chi connectivity index (χ3v) is 6.70. The SMILES string of the molecule is O=C(CN1CCCCCC1)N1CCCC1c1nc(CCOCC2CCCC2)no1. The van der Waals surface area contributed by atoms with Crippen molar-refractivity contribution in [2.45, 2.75) is 76.7 Å². The Kier molecular flexibility index (Phi) is 7.55. The van der Waals surface area contributed by atoms with Crippen LogP contribution in [0.25, 0.3) is 0 Å². The van der Waals surface area contributed by atoms with Gasteiger partial charge in [0.2, 0.25) is 11.8 Å². The number of amides is 1. The fourth-order valence-electron chi connectivity index (χ4n) is 4.99. The Bertz CT molecular complexity index is 636. The Labute approximate surface area is 174 Å². The Morgan fingerprint density at radius 1 is 1.00 bits per heavy atom. The molecular weight excluding hydrogens is 368 g/mol. The first-order valence-corrected chi connectivity index (χ1v) is 11.7. The molecule has 2 aliphatic heterocycles. The minimum Gasteiger partial charge on any atom is -0.381 e. The second kappa shape index (κ2) is 10.5. The van der Waals surface area contributed by atoms with E-state index in [2.05, 4.69) is 15.0 Å². The lowest BCUT2D eigenvalue weighted by atomic mass is 10.1. The van der Waals surface area contributed by atoms with Crippen molar-refractivity contribution in [1.82, 2.24) is 19.9 Å². The van der Waals surface area contributed by atoms with Crippen LogP contribution in [0.2, 0.25) is 0 Å². The summed E-state index contributed by atoms with van der Waals surface area (Å²) in [6, 6.07) is -0.0601. The van der Waals surface area contributed by atoms with Crippen LogP contribution in [-0.4, -0.2) is 65.2 Å². The zero-order valence-corrected chi connectivity index (χ0v) is 17.7. The molecule has 7 heteroatoms. The molecule has 0 spiro atoms. The molecule has 0 radical (unpaired) electrons. The third-order valence-electron chi connectivity index (χ3n) is 6.70.